The van der Waals surface area contributed by atoms with Crippen molar-refractivity contribution in [2.45, 2.75) is 6.54 Å². The lowest BCUT2D eigenvalue weighted by Crippen LogP contribution is -2.24. The highest BCUT2D eigenvalue weighted by atomic mass is 127. The van der Waals surface area contributed by atoms with Crippen LogP contribution in [-0.2, 0) is 11.3 Å². The molecule has 0 atom stereocenters. The summed E-state index contributed by atoms with van der Waals surface area (Å²) in [6.07, 6.45) is 0. The van der Waals surface area contributed by atoms with Crippen molar-refractivity contribution in [3.05, 3.63) is 61.8 Å². The van der Waals surface area contributed by atoms with Gasteiger partial charge in [-0.05, 0) is 46.9 Å². The van der Waals surface area contributed by atoms with Crippen LogP contribution in [0.5, 0.6) is 0 Å². The lowest BCUT2D eigenvalue weighted by atomic mass is 10.3. The number of aromatic nitrogens is 1. The van der Waals surface area contributed by atoms with E-state index in [9.17, 15) is 9.59 Å². The molecule has 3 rings (SSSR count). The van der Waals surface area contributed by atoms with Gasteiger partial charge in [0.2, 0.25) is 5.91 Å². The molecule has 0 aliphatic carbocycles. The summed E-state index contributed by atoms with van der Waals surface area (Å²) >= 11 is 3.32. The van der Waals surface area contributed by atoms with Crippen molar-refractivity contribution in [1.29, 1.82) is 0 Å². The van der Waals surface area contributed by atoms with Crippen molar-refractivity contribution < 1.29 is 4.79 Å². The quantitative estimate of drug-likeness (QED) is 0.674. The van der Waals surface area contributed by atoms with E-state index >= 15 is 0 Å². The smallest absolute Gasteiger partial charge is 0.308 e. The molecule has 0 radical (unpaired) electrons. The average molecular weight is 410 g/mol. The van der Waals surface area contributed by atoms with E-state index in [1.165, 1.54) is 4.57 Å². The SMILES string of the molecule is O=C(Cn1c(=O)sc2ccccc21)Nc1ccccc1I. The number of carbonyl (C=O) groups excluding carboxylic acids is 1. The van der Waals surface area contributed by atoms with E-state index in [-0.39, 0.29) is 17.3 Å². The first-order valence-corrected chi connectivity index (χ1v) is 8.17. The van der Waals surface area contributed by atoms with Gasteiger partial charge in [0.1, 0.15) is 6.54 Å². The van der Waals surface area contributed by atoms with Gasteiger partial charge in [-0.1, -0.05) is 35.6 Å². The molecule has 106 valence electrons. The van der Waals surface area contributed by atoms with E-state index in [4.69, 9.17) is 0 Å². The van der Waals surface area contributed by atoms with E-state index in [2.05, 4.69) is 27.9 Å². The molecule has 6 heteroatoms. The Bertz CT molecular complexity index is 869. The Kier molecular flexibility index (Phi) is 4.07. The van der Waals surface area contributed by atoms with E-state index in [1.54, 1.807) is 0 Å². The van der Waals surface area contributed by atoms with Crippen molar-refractivity contribution in [2.75, 3.05) is 5.32 Å². The van der Waals surface area contributed by atoms with Crippen LogP contribution in [0.4, 0.5) is 5.69 Å². The highest BCUT2D eigenvalue weighted by molar-refractivity contribution is 14.1. The van der Waals surface area contributed by atoms with E-state index in [0.29, 0.717) is 0 Å². The second-order valence-electron chi connectivity index (χ2n) is 4.45. The number of hydrogen-bond acceptors (Lipinski definition) is 3. The third kappa shape index (κ3) is 3.01. The summed E-state index contributed by atoms with van der Waals surface area (Å²) in [5, 5.41) is 2.84. The molecular formula is C15H11IN2O2S. The highest BCUT2D eigenvalue weighted by Crippen LogP contribution is 2.18. The van der Waals surface area contributed by atoms with Crippen LogP contribution in [0.15, 0.2) is 53.3 Å². The second kappa shape index (κ2) is 5.98. The Hall–Kier alpha value is -1.67. The topological polar surface area (TPSA) is 51.1 Å². The summed E-state index contributed by atoms with van der Waals surface area (Å²) in [6, 6.07) is 15.0. The van der Waals surface area contributed by atoms with E-state index < -0.39 is 0 Å². The fraction of sp³-hybridized carbons (Fsp3) is 0.0667. The van der Waals surface area contributed by atoms with Crippen LogP contribution in [0.3, 0.4) is 0 Å². The Morgan fingerprint density at radius 2 is 1.86 bits per heavy atom. The monoisotopic (exact) mass is 410 g/mol. The zero-order valence-electron chi connectivity index (χ0n) is 10.9. The van der Waals surface area contributed by atoms with Gasteiger partial charge in [-0.25, -0.2) is 0 Å². The van der Waals surface area contributed by atoms with Gasteiger partial charge in [0.05, 0.1) is 15.9 Å². The number of hydrogen-bond donors (Lipinski definition) is 1. The number of para-hydroxylation sites is 2. The summed E-state index contributed by atoms with van der Waals surface area (Å²) in [7, 11) is 0. The van der Waals surface area contributed by atoms with Crippen molar-refractivity contribution in [1.82, 2.24) is 4.57 Å². The molecule has 0 fully saturated rings. The zero-order valence-corrected chi connectivity index (χ0v) is 13.8. The Balaban J connectivity index is 1.86. The van der Waals surface area contributed by atoms with Gasteiger partial charge in [-0.15, -0.1) is 0 Å². The summed E-state index contributed by atoms with van der Waals surface area (Å²) in [4.78, 5) is 24.0. The largest absolute Gasteiger partial charge is 0.324 e. The summed E-state index contributed by atoms with van der Waals surface area (Å²) in [5.41, 5.74) is 1.56. The number of benzene rings is 2. The number of halogens is 1. The Labute approximate surface area is 138 Å². The van der Waals surface area contributed by atoms with Gasteiger partial charge in [0.25, 0.3) is 0 Å². The number of thiazole rings is 1. The zero-order chi connectivity index (χ0) is 14.8. The molecule has 4 nitrogen and oxygen atoms in total. The fourth-order valence-corrected chi connectivity index (χ4v) is 3.47. The van der Waals surface area contributed by atoms with Crippen LogP contribution in [0, 0.1) is 3.57 Å². The fourth-order valence-electron chi connectivity index (χ4n) is 2.06. The van der Waals surface area contributed by atoms with Gasteiger partial charge in [-0.2, -0.15) is 0 Å². The molecule has 1 amide bonds. The number of fused-ring (bicyclic) bond motifs is 1. The molecule has 0 unspecified atom stereocenters. The molecule has 0 saturated carbocycles. The van der Waals surface area contributed by atoms with Crippen LogP contribution >= 0.6 is 33.9 Å². The molecular weight excluding hydrogens is 399 g/mol. The Morgan fingerprint density at radius 1 is 1.14 bits per heavy atom. The molecule has 0 spiro atoms. The van der Waals surface area contributed by atoms with Gasteiger partial charge < -0.3 is 5.32 Å². The number of rotatable bonds is 3. The molecule has 3 aromatic rings. The minimum atomic E-state index is -0.204. The minimum Gasteiger partial charge on any atom is -0.324 e. The first-order valence-electron chi connectivity index (χ1n) is 6.28. The lowest BCUT2D eigenvalue weighted by Gasteiger charge is -2.08. The van der Waals surface area contributed by atoms with Crippen LogP contribution in [0.1, 0.15) is 0 Å². The summed E-state index contributed by atoms with van der Waals surface area (Å²) < 4.78 is 3.36. The van der Waals surface area contributed by atoms with E-state index in [1.807, 2.05) is 48.5 Å². The molecule has 2 aromatic carbocycles. The maximum absolute atomic E-state index is 12.2. The number of nitrogens with one attached hydrogen (secondary N) is 1. The molecule has 0 saturated heterocycles. The van der Waals surface area contributed by atoms with Gasteiger partial charge >= 0.3 is 4.87 Å². The second-order valence-corrected chi connectivity index (χ2v) is 6.61. The number of carbonyl (C=O) groups is 1. The predicted octanol–water partition coefficient (Wildman–Crippen LogP) is 3.31. The summed E-state index contributed by atoms with van der Waals surface area (Å²) in [6.45, 7) is 0.0216. The van der Waals surface area contributed by atoms with Crippen LogP contribution in [0.2, 0.25) is 0 Å². The third-order valence-corrected chi connectivity index (χ3v) is 4.92. The van der Waals surface area contributed by atoms with Crippen LogP contribution < -0.4 is 10.2 Å². The van der Waals surface area contributed by atoms with Gasteiger partial charge in [0, 0.05) is 3.57 Å². The van der Waals surface area contributed by atoms with Crippen molar-refractivity contribution in [3.63, 3.8) is 0 Å². The molecule has 0 aliphatic heterocycles. The van der Waals surface area contributed by atoms with Crippen molar-refractivity contribution in [3.8, 4) is 0 Å². The predicted molar refractivity (Wildman–Crippen MR) is 93.9 cm³/mol. The molecule has 0 bridgehead atoms. The third-order valence-electron chi connectivity index (χ3n) is 3.02. The van der Waals surface area contributed by atoms with Crippen molar-refractivity contribution >= 4 is 55.7 Å². The minimum absolute atomic E-state index is 0.0216. The molecule has 1 aromatic heterocycles. The number of anilines is 1. The van der Waals surface area contributed by atoms with Crippen molar-refractivity contribution in [2.24, 2.45) is 0 Å². The maximum Gasteiger partial charge on any atom is 0.308 e. The standard InChI is InChI=1S/C15H11IN2O2S/c16-10-5-1-2-6-11(10)17-14(19)9-18-12-7-3-4-8-13(12)21-15(18)20/h1-8H,9H2,(H,17,19). The highest BCUT2D eigenvalue weighted by Gasteiger charge is 2.11. The first kappa shape index (κ1) is 14.3. The first-order chi connectivity index (χ1) is 10.1. The Morgan fingerprint density at radius 3 is 2.67 bits per heavy atom. The molecule has 21 heavy (non-hydrogen) atoms. The van der Waals surface area contributed by atoms with Crippen LogP contribution in [0.25, 0.3) is 10.2 Å². The molecule has 1 heterocycles. The van der Waals surface area contributed by atoms with Gasteiger partial charge in [0.15, 0.2) is 0 Å². The maximum atomic E-state index is 12.2. The average Bonchev–Trinajstić information content (AvgIpc) is 2.78. The van der Waals surface area contributed by atoms with Crippen LogP contribution in [-0.4, -0.2) is 10.5 Å². The number of amides is 1. The lowest BCUT2D eigenvalue weighted by molar-refractivity contribution is -0.116. The van der Waals surface area contributed by atoms with Gasteiger partial charge in [-0.3, -0.25) is 14.2 Å². The normalized spacial score (nSPS) is 10.7. The molecule has 0 aliphatic rings. The van der Waals surface area contributed by atoms with E-state index in [0.717, 1.165) is 30.8 Å². The summed E-state index contributed by atoms with van der Waals surface area (Å²) in [5.74, 6) is -0.204. The molecule has 1 N–H and O–H groups in total. The number of nitrogens with zero attached hydrogens (tertiary/aromatic N) is 1.